The molecule has 4 rings (SSSR count). The lowest BCUT2D eigenvalue weighted by atomic mass is 10.1. The third kappa shape index (κ3) is 1.58. The minimum Gasteiger partial charge on any atom is -0.336 e. The molecular formula is C18H15NS. The van der Waals surface area contributed by atoms with E-state index in [4.69, 9.17) is 0 Å². The van der Waals surface area contributed by atoms with Gasteiger partial charge in [0.15, 0.2) is 0 Å². The highest BCUT2D eigenvalue weighted by Crippen LogP contribution is 2.45. The Morgan fingerprint density at radius 3 is 2.80 bits per heavy atom. The van der Waals surface area contributed by atoms with Crippen LogP contribution in [0.15, 0.2) is 66.1 Å². The van der Waals surface area contributed by atoms with Gasteiger partial charge >= 0.3 is 0 Å². The van der Waals surface area contributed by atoms with Crippen LogP contribution in [0.1, 0.15) is 5.56 Å². The van der Waals surface area contributed by atoms with Crippen LogP contribution in [-0.2, 0) is 12.3 Å². The molecule has 0 bridgehead atoms. The number of hydrogen-bond acceptors (Lipinski definition) is 1. The quantitative estimate of drug-likeness (QED) is 0.590. The number of para-hydroxylation sites is 1. The number of thioether (sulfide) groups is 1. The summed E-state index contributed by atoms with van der Waals surface area (Å²) in [6.45, 7) is 4.78. The van der Waals surface area contributed by atoms with Crippen molar-refractivity contribution in [3.8, 4) is 11.3 Å². The fourth-order valence-corrected chi connectivity index (χ4v) is 4.17. The van der Waals surface area contributed by atoms with Gasteiger partial charge < -0.3 is 4.57 Å². The van der Waals surface area contributed by atoms with Gasteiger partial charge in [-0.3, -0.25) is 0 Å². The van der Waals surface area contributed by atoms with Gasteiger partial charge in [-0.1, -0.05) is 42.5 Å². The second kappa shape index (κ2) is 4.57. The molecule has 0 aliphatic carbocycles. The molecule has 0 spiro atoms. The van der Waals surface area contributed by atoms with Crippen LogP contribution in [0.2, 0.25) is 0 Å². The van der Waals surface area contributed by atoms with Crippen molar-refractivity contribution in [2.75, 3.05) is 0 Å². The lowest BCUT2D eigenvalue weighted by Crippen LogP contribution is -2.02. The molecule has 1 nitrogen and oxygen atoms in total. The maximum atomic E-state index is 3.92. The van der Waals surface area contributed by atoms with Crippen LogP contribution in [0.3, 0.4) is 0 Å². The number of aromatic nitrogens is 1. The lowest BCUT2D eigenvalue weighted by Gasteiger charge is -2.18. The summed E-state index contributed by atoms with van der Waals surface area (Å²) in [6.07, 6.45) is 1.98. The van der Waals surface area contributed by atoms with E-state index in [2.05, 4.69) is 59.7 Å². The molecule has 0 N–H and O–H groups in total. The van der Waals surface area contributed by atoms with Gasteiger partial charge in [0.25, 0.3) is 0 Å². The Morgan fingerprint density at radius 2 is 1.90 bits per heavy atom. The minimum atomic E-state index is 0.856. The van der Waals surface area contributed by atoms with Gasteiger partial charge in [-0.2, -0.15) is 0 Å². The first-order valence-electron chi connectivity index (χ1n) is 6.83. The number of nitrogens with zero attached hydrogens (tertiary/aromatic N) is 1. The molecule has 98 valence electrons. The lowest BCUT2D eigenvalue weighted by molar-refractivity contribution is 0.867. The highest BCUT2D eigenvalue weighted by Gasteiger charge is 2.23. The number of hydrogen-bond donors (Lipinski definition) is 0. The van der Waals surface area contributed by atoms with Crippen LogP contribution in [0.5, 0.6) is 0 Å². The number of rotatable bonds is 2. The number of allylic oxidation sites excluding steroid dienone is 1. The largest absolute Gasteiger partial charge is 0.336 e. The molecule has 0 atom stereocenters. The van der Waals surface area contributed by atoms with Crippen molar-refractivity contribution in [2.45, 2.75) is 17.2 Å². The monoisotopic (exact) mass is 277 g/mol. The molecule has 0 saturated carbocycles. The van der Waals surface area contributed by atoms with Gasteiger partial charge in [-0.05, 0) is 17.7 Å². The Kier molecular flexibility index (Phi) is 2.71. The van der Waals surface area contributed by atoms with Gasteiger partial charge in [0.1, 0.15) is 0 Å². The predicted octanol–water partition coefficient (Wildman–Crippen LogP) is 5.10. The molecule has 0 amide bonds. The second-order valence-corrected chi connectivity index (χ2v) is 6.05. The van der Waals surface area contributed by atoms with E-state index in [0.717, 1.165) is 12.3 Å². The van der Waals surface area contributed by atoms with E-state index < -0.39 is 0 Å². The SMILES string of the molecule is C=CCn1c2c(c3ccccc31)CSc1ccccc1-2. The standard InChI is InChI=1S/C18H15NS/c1-2-11-19-16-9-5-3-7-13(16)15-12-20-17-10-6-4-8-14(17)18(15)19/h2-10H,1,11-12H2. The Bertz CT molecular complexity index is 813. The van der Waals surface area contributed by atoms with Gasteiger partial charge in [-0.25, -0.2) is 0 Å². The highest BCUT2D eigenvalue weighted by molar-refractivity contribution is 7.98. The summed E-state index contributed by atoms with van der Waals surface area (Å²) in [5.74, 6) is 1.05. The molecule has 2 aromatic carbocycles. The van der Waals surface area contributed by atoms with E-state index in [9.17, 15) is 0 Å². The molecule has 1 aromatic heterocycles. The molecule has 0 fully saturated rings. The minimum absolute atomic E-state index is 0.856. The first kappa shape index (κ1) is 11.9. The van der Waals surface area contributed by atoms with E-state index in [0.29, 0.717) is 0 Å². The Hall–Kier alpha value is -1.93. The Balaban J connectivity index is 2.13. The third-order valence-corrected chi connectivity index (χ3v) is 5.00. The zero-order valence-electron chi connectivity index (χ0n) is 11.2. The first-order valence-corrected chi connectivity index (χ1v) is 7.82. The highest BCUT2D eigenvalue weighted by atomic mass is 32.2. The van der Waals surface area contributed by atoms with Gasteiger partial charge in [0, 0.05) is 33.7 Å². The fourth-order valence-electron chi connectivity index (χ4n) is 3.09. The summed E-state index contributed by atoms with van der Waals surface area (Å²) >= 11 is 1.94. The summed E-state index contributed by atoms with van der Waals surface area (Å²) in [4.78, 5) is 1.38. The van der Waals surface area contributed by atoms with Crippen molar-refractivity contribution in [3.05, 3.63) is 66.7 Å². The molecule has 0 radical (unpaired) electrons. The maximum Gasteiger partial charge on any atom is 0.0546 e. The second-order valence-electron chi connectivity index (χ2n) is 5.03. The molecule has 1 aliphatic rings. The van der Waals surface area contributed by atoms with E-state index in [1.165, 1.54) is 32.6 Å². The zero-order valence-corrected chi connectivity index (χ0v) is 12.0. The topological polar surface area (TPSA) is 4.93 Å². The van der Waals surface area contributed by atoms with Crippen molar-refractivity contribution in [2.24, 2.45) is 0 Å². The van der Waals surface area contributed by atoms with Crippen LogP contribution < -0.4 is 0 Å². The predicted molar refractivity (Wildman–Crippen MR) is 87.1 cm³/mol. The smallest absolute Gasteiger partial charge is 0.0546 e. The maximum absolute atomic E-state index is 3.92. The van der Waals surface area contributed by atoms with Crippen molar-refractivity contribution in [1.29, 1.82) is 0 Å². The van der Waals surface area contributed by atoms with E-state index in [1.807, 2.05) is 17.8 Å². The molecule has 1 aliphatic heterocycles. The summed E-state index contributed by atoms with van der Waals surface area (Å²) < 4.78 is 2.40. The first-order chi connectivity index (χ1) is 9.90. The van der Waals surface area contributed by atoms with Crippen LogP contribution in [0.4, 0.5) is 0 Å². The van der Waals surface area contributed by atoms with Gasteiger partial charge in [-0.15, -0.1) is 18.3 Å². The molecule has 0 saturated heterocycles. The Labute approximate surface area is 122 Å². The summed E-state index contributed by atoms with van der Waals surface area (Å²) in [5.41, 5.74) is 5.51. The fraction of sp³-hybridized carbons (Fsp3) is 0.111. The van der Waals surface area contributed by atoms with Crippen molar-refractivity contribution >= 4 is 22.7 Å². The van der Waals surface area contributed by atoms with E-state index in [-0.39, 0.29) is 0 Å². The van der Waals surface area contributed by atoms with Crippen molar-refractivity contribution < 1.29 is 0 Å². The van der Waals surface area contributed by atoms with Crippen LogP contribution >= 0.6 is 11.8 Å². The molecule has 0 unspecified atom stereocenters. The zero-order chi connectivity index (χ0) is 13.5. The summed E-state index contributed by atoms with van der Waals surface area (Å²) in [6, 6.07) is 17.4. The van der Waals surface area contributed by atoms with Crippen LogP contribution in [0, 0.1) is 0 Å². The van der Waals surface area contributed by atoms with Crippen LogP contribution in [-0.4, -0.2) is 4.57 Å². The number of fused-ring (bicyclic) bond motifs is 5. The molecule has 20 heavy (non-hydrogen) atoms. The normalized spacial score (nSPS) is 13.0. The third-order valence-electron chi connectivity index (χ3n) is 3.90. The molecule has 3 aromatic rings. The van der Waals surface area contributed by atoms with Crippen LogP contribution in [0.25, 0.3) is 22.2 Å². The van der Waals surface area contributed by atoms with E-state index in [1.54, 1.807) is 0 Å². The number of benzene rings is 2. The summed E-state index contributed by atoms with van der Waals surface area (Å²) in [5, 5.41) is 1.38. The Morgan fingerprint density at radius 1 is 1.10 bits per heavy atom. The van der Waals surface area contributed by atoms with E-state index >= 15 is 0 Å². The molecule has 2 heterocycles. The molecule has 2 heteroatoms. The van der Waals surface area contributed by atoms with Gasteiger partial charge in [0.2, 0.25) is 0 Å². The van der Waals surface area contributed by atoms with Gasteiger partial charge in [0.05, 0.1) is 5.69 Å². The summed E-state index contributed by atoms with van der Waals surface area (Å²) in [7, 11) is 0. The molecular weight excluding hydrogens is 262 g/mol. The average Bonchev–Trinajstić information content (AvgIpc) is 2.83. The average molecular weight is 277 g/mol. The van der Waals surface area contributed by atoms with Crippen molar-refractivity contribution in [3.63, 3.8) is 0 Å². The van der Waals surface area contributed by atoms with Crippen molar-refractivity contribution in [1.82, 2.24) is 4.57 Å².